The van der Waals surface area contributed by atoms with Gasteiger partial charge in [0.15, 0.2) is 5.16 Å². The standard InChI is InChI=1S/C19H18N2O2S2/c1-4-10-21-18(23)16-15(14-8-6-5-7-9-14)11-24-17(16)20-19(21)25-13(3)12(2)22/h4-9,11,13H,1,10H2,2-3H3/t13-/m1/s1. The summed E-state index contributed by atoms with van der Waals surface area (Å²) in [6.45, 7) is 7.47. The number of allylic oxidation sites excluding steroid dienone is 1. The molecule has 0 radical (unpaired) electrons. The second-order valence-corrected chi connectivity index (χ2v) is 7.83. The molecule has 0 fully saturated rings. The first-order valence-electron chi connectivity index (χ1n) is 7.88. The van der Waals surface area contributed by atoms with Crippen LogP contribution in [0.2, 0.25) is 0 Å². The zero-order valence-corrected chi connectivity index (χ0v) is 15.7. The molecule has 4 nitrogen and oxygen atoms in total. The van der Waals surface area contributed by atoms with Crippen molar-refractivity contribution in [1.82, 2.24) is 9.55 Å². The maximum atomic E-state index is 13.1. The highest BCUT2D eigenvalue weighted by atomic mass is 32.2. The summed E-state index contributed by atoms with van der Waals surface area (Å²) in [6, 6.07) is 9.82. The molecule has 2 aromatic heterocycles. The largest absolute Gasteiger partial charge is 0.299 e. The van der Waals surface area contributed by atoms with Crippen LogP contribution < -0.4 is 5.56 Å². The molecule has 0 saturated heterocycles. The van der Waals surface area contributed by atoms with Crippen LogP contribution in [0.3, 0.4) is 0 Å². The van der Waals surface area contributed by atoms with E-state index >= 15 is 0 Å². The van der Waals surface area contributed by atoms with Crippen molar-refractivity contribution >= 4 is 39.1 Å². The van der Waals surface area contributed by atoms with E-state index in [0.29, 0.717) is 21.9 Å². The molecule has 2 heterocycles. The molecule has 1 aromatic carbocycles. The van der Waals surface area contributed by atoms with Gasteiger partial charge in [0.25, 0.3) is 5.56 Å². The third kappa shape index (κ3) is 3.45. The Morgan fingerprint density at radius 2 is 2.12 bits per heavy atom. The van der Waals surface area contributed by atoms with Gasteiger partial charge in [-0.3, -0.25) is 14.2 Å². The van der Waals surface area contributed by atoms with Crippen molar-refractivity contribution in [3.05, 3.63) is 58.7 Å². The number of hydrogen-bond donors (Lipinski definition) is 0. The van der Waals surface area contributed by atoms with E-state index in [9.17, 15) is 9.59 Å². The van der Waals surface area contributed by atoms with Gasteiger partial charge in [0.05, 0.1) is 10.6 Å². The lowest BCUT2D eigenvalue weighted by Crippen LogP contribution is -2.24. The summed E-state index contributed by atoms with van der Waals surface area (Å²) in [7, 11) is 0. The third-order valence-electron chi connectivity index (χ3n) is 3.91. The van der Waals surface area contributed by atoms with Gasteiger partial charge in [0.1, 0.15) is 10.6 Å². The Bertz CT molecular complexity index is 990. The predicted molar refractivity (Wildman–Crippen MR) is 106 cm³/mol. The molecular formula is C19H18N2O2S2. The Kier molecular flexibility index (Phi) is 5.20. The molecule has 3 aromatic rings. The highest BCUT2D eigenvalue weighted by Crippen LogP contribution is 2.32. The summed E-state index contributed by atoms with van der Waals surface area (Å²) < 4.78 is 1.60. The van der Waals surface area contributed by atoms with Gasteiger partial charge in [-0.25, -0.2) is 4.98 Å². The van der Waals surface area contributed by atoms with Crippen molar-refractivity contribution in [2.45, 2.75) is 30.8 Å². The third-order valence-corrected chi connectivity index (χ3v) is 5.99. The number of aromatic nitrogens is 2. The molecule has 128 valence electrons. The van der Waals surface area contributed by atoms with Gasteiger partial charge in [0.2, 0.25) is 0 Å². The van der Waals surface area contributed by atoms with E-state index < -0.39 is 0 Å². The van der Waals surface area contributed by atoms with Crippen molar-refractivity contribution in [3.8, 4) is 11.1 Å². The summed E-state index contributed by atoms with van der Waals surface area (Å²) in [5.74, 6) is 0.0562. The number of ketones is 1. The van der Waals surface area contributed by atoms with Crippen molar-refractivity contribution in [2.75, 3.05) is 0 Å². The van der Waals surface area contributed by atoms with E-state index in [1.165, 1.54) is 23.1 Å². The lowest BCUT2D eigenvalue weighted by molar-refractivity contribution is -0.116. The molecule has 0 N–H and O–H groups in total. The van der Waals surface area contributed by atoms with Gasteiger partial charge in [0, 0.05) is 17.5 Å². The number of Topliss-reactive ketones (excluding diaryl/α,β-unsaturated/α-hetero) is 1. The molecule has 3 rings (SSSR count). The quantitative estimate of drug-likeness (QED) is 0.367. The molecule has 6 heteroatoms. The van der Waals surface area contributed by atoms with Gasteiger partial charge < -0.3 is 0 Å². The summed E-state index contributed by atoms with van der Waals surface area (Å²) in [6.07, 6.45) is 1.67. The normalized spacial score (nSPS) is 12.2. The maximum absolute atomic E-state index is 13.1. The molecule has 0 unspecified atom stereocenters. The molecule has 25 heavy (non-hydrogen) atoms. The number of fused-ring (bicyclic) bond motifs is 1. The molecule has 0 saturated carbocycles. The van der Waals surface area contributed by atoms with Crippen LogP contribution in [0.1, 0.15) is 13.8 Å². The highest BCUT2D eigenvalue weighted by molar-refractivity contribution is 8.00. The van der Waals surface area contributed by atoms with Crippen LogP contribution in [0, 0.1) is 0 Å². The Morgan fingerprint density at radius 1 is 1.40 bits per heavy atom. The molecule has 0 aliphatic rings. The van der Waals surface area contributed by atoms with E-state index in [4.69, 9.17) is 0 Å². The zero-order chi connectivity index (χ0) is 18.0. The number of carbonyl (C=O) groups excluding carboxylic acids is 1. The second-order valence-electron chi connectivity index (χ2n) is 5.67. The number of carbonyl (C=O) groups is 1. The number of hydrogen-bond acceptors (Lipinski definition) is 5. The van der Waals surface area contributed by atoms with Crippen LogP contribution in [0.5, 0.6) is 0 Å². The van der Waals surface area contributed by atoms with Crippen LogP contribution in [0.4, 0.5) is 0 Å². The fourth-order valence-electron chi connectivity index (χ4n) is 2.46. The number of benzene rings is 1. The SMILES string of the molecule is C=CCn1c(S[C@H](C)C(C)=O)nc2scc(-c3ccccc3)c2c1=O. The first-order valence-corrected chi connectivity index (χ1v) is 9.64. The van der Waals surface area contributed by atoms with Gasteiger partial charge in [-0.15, -0.1) is 17.9 Å². The summed E-state index contributed by atoms with van der Waals surface area (Å²) in [5, 5.41) is 2.89. The number of nitrogens with zero attached hydrogens (tertiary/aromatic N) is 2. The summed E-state index contributed by atoms with van der Waals surface area (Å²) in [4.78, 5) is 30.1. The molecule has 0 aliphatic carbocycles. The molecule has 0 spiro atoms. The van der Waals surface area contributed by atoms with Crippen LogP contribution in [-0.4, -0.2) is 20.6 Å². The monoisotopic (exact) mass is 370 g/mol. The number of thioether (sulfide) groups is 1. The number of rotatable bonds is 6. The lowest BCUT2D eigenvalue weighted by atomic mass is 10.1. The van der Waals surface area contributed by atoms with E-state index in [0.717, 1.165) is 11.1 Å². The van der Waals surface area contributed by atoms with Gasteiger partial charge >= 0.3 is 0 Å². The Labute approximate surface area is 154 Å². The van der Waals surface area contributed by atoms with Crippen LogP contribution >= 0.6 is 23.1 Å². The molecule has 0 aliphatic heterocycles. The second kappa shape index (κ2) is 7.37. The lowest BCUT2D eigenvalue weighted by Gasteiger charge is -2.13. The molecular weight excluding hydrogens is 352 g/mol. The first-order chi connectivity index (χ1) is 12.0. The van der Waals surface area contributed by atoms with Crippen LogP contribution in [0.15, 0.2) is 58.3 Å². The molecule has 1 atom stereocenters. The highest BCUT2D eigenvalue weighted by Gasteiger charge is 2.19. The van der Waals surface area contributed by atoms with Crippen molar-refractivity contribution < 1.29 is 4.79 Å². The van der Waals surface area contributed by atoms with Gasteiger partial charge in [-0.05, 0) is 19.4 Å². The average molecular weight is 370 g/mol. The molecule has 0 bridgehead atoms. The zero-order valence-electron chi connectivity index (χ0n) is 14.1. The van der Waals surface area contributed by atoms with Crippen molar-refractivity contribution in [1.29, 1.82) is 0 Å². The Hall–Kier alpha value is -2.18. The van der Waals surface area contributed by atoms with Crippen molar-refractivity contribution in [2.24, 2.45) is 0 Å². The minimum atomic E-state index is -0.256. The van der Waals surface area contributed by atoms with Crippen LogP contribution in [-0.2, 0) is 11.3 Å². The van der Waals surface area contributed by atoms with Crippen molar-refractivity contribution in [3.63, 3.8) is 0 Å². The minimum Gasteiger partial charge on any atom is -0.299 e. The van der Waals surface area contributed by atoms with E-state index in [1.807, 2.05) is 42.6 Å². The Balaban J connectivity index is 2.21. The fourth-order valence-corrected chi connectivity index (χ4v) is 4.36. The predicted octanol–water partition coefficient (Wildman–Crippen LogP) is 4.38. The Morgan fingerprint density at radius 3 is 2.76 bits per heavy atom. The van der Waals surface area contributed by atoms with Gasteiger partial charge in [-0.1, -0.05) is 48.2 Å². The number of thiophene rings is 1. The molecule has 0 amide bonds. The average Bonchev–Trinajstić information content (AvgIpc) is 3.03. The van der Waals surface area contributed by atoms with Crippen LogP contribution in [0.25, 0.3) is 21.3 Å². The van der Waals surface area contributed by atoms with E-state index in [1.54, 1.807) is 17.6 Å². The maximum Gasteiger partial charge on any atom is 0.263 e. The summed E-state index contributed by atoms with van der Waals surface area (Å²) >= 11 is 2.76. The van der Waals surface area contributed by atoms with E-state index in [2.05, 4.69) is 11.6 Å². The summed E-state index contributed by atoms with van der Waals surface area (Å²) in [5.41, 5.74) is 1.80. The first kappa shape index (κ1) is 17.6. The smallest absolute Gasteiger partial charge is 0.263 e. The minimum absolute atomic E-state index is 0.0562. The van der Waals surface area contributed by atoms with Gasteiger partial charge in [-0.2, -0.15) is 0 Å². The topological polar surface area (TPSA) is 52.0 Å². The van der Waals surface area contributed by atoms with E-state index in [-0.39, 0.29) is 16.6 Å². The fraction of sp³-hybridized carbons (Fsp3) is 0.211.